The summed E-state index contributed by atoms with van der Waals surface area (Å²) in [5, 5.41) is 0. The van der Waals surface area contributed by atoms with E-state index >= 15 is 0 Å². The lowest BCUT2D eigenvalue weighted by atomic mass is 9.83. The Morgan fingerprint density at radius 2 is 1.71 bits per heavy atom. The smallest absolute Gasteiger partial charge is 0.00727 e. The first-order valence-electron chi connectivity index (χ1n) is 7.44. The summed E-state index contributed by atoms with van der Waals surface area (Å²) >= 11 is 2.11. The van der Waals surface area contributed by atoms with E-state index in [4.69, 9.17) is 0 Å². The van der Waals surface area contributed by atoms with Crippen molar-refractivity contribution in [3.63, 3.8) is 0 Å². The monoisotopic (exact) mass is 257 g/mol. The Hall–Kier alpha value is 0.310. The van der Waals surface area contributed by atoms with Gasteiger partial charge in [-0.2, -0.15) is 11.8 Å². The molecule has 1 aliphatic rings. The number of unbranched alkanes of at least 4 members (excludes halogenated alkanes) is 3. The topological polar surface area (TPSA) is 3.24 Å². The van der Waals surface area contributed by atoms with E-state index in [1.54, 1.807) is 0 Å². The molecule has 1 rings (SSSR count). The van der Waals surface area contributed by atoms with E-state index in [2.05, 4.69) is 37.4 Å². The van der Waals surface area contributed by atoms with Crippen molar-refractivity contribution < 1.29 is 0 Å². The molecule has 0 aromatic rings. The molecule has 1 heterocycles. The Bertz CT molecular complexity index is 185. The summed E-state index contributed by atoms with van der Waals surface area (Å²) in [5.74, 6) is 2.69. The molecule has 17 heavy (non-hydrogen) atoms. The van der Waals surface area contributed by atoms with Gasteiger partial charge in [0.1, 0.15) is 0 Å². The van der Waals surface area contributed by atoms with Crippen LogP contribution < -0.4 is 0 Å². The molecule has 2 heteroatoms. The third-order valence-corrected chi connectivity index (χ3v) is 4.86. The minimum Gasteiger partial charge on any atom is -0.302 e. The van der Waals surface area contributed by atoms with Crippen LogP contribution in [0.15, 0.2) is 0 Å². The summed E-state index contributed by atoms with van der Waals surface area (Å²) in [5.41, 5.74) is 0.554. The first kappa shape index (κ1) is 15.4. The molecule has 0 aromatic carbocycles. The van der Waals surface area contributed by atoms with Crippen LogP contribution >= 0.6 is 11.8 Å². The van der Waals surface area contributed by atoms with E-state index in [0.717, 1.165) is 0 Å². The van der Waals surface area contributed by atoms with Crippen molar-refractivity contribution in [3.05, 3.63) is 0 Å². The molecule has 1 saturated heterocycles. The van der Waals surface area contributed by atoms with E-state index in [0.29, 0.717) is 5.41 Å². The molecule has 0 unspecified atom stereocenters. The molecule has 0 atom stereocenters. The zero-order valence-corrected chi connectivity index (χ0v) is 13.0. The average Bonchev–Trinajstić information content (AvgIpc) is 2.34. The first-order chi connectivity index (χ1) is 8.14. The summed E-state index contributed by atoms with van der Waals surface area (Å²) in [7, 11) is 0. The lowest BCUT2D eigenvalue weighted by Crippen LogP contribution is -2.35. The van der Waals surface area contributed by atoms with E-state index < -0.39 is 0 Å². The highest BCUT2D eigenvalue weighted by molar-refractivity contribution is 7.99. The molecule has 102 valence electrons. The van der Waals surface area contributed by atoms with E-state index in [9.17, 15) is 0 Å². The van der Waals surface area contributed by atoms with Crippen LogP contribution in [0.1, 0.15) is 59.3 Å². The van der Waals surface area contributed by atoms with E-state index in [1.807, 2.05) is 0 Å². The van der Waals surface area contributed by atoms with Gasteiger partial charge in [0.25, 0.3) is 0 Å². The Morgan fingerprint density at radius 3 is 2.35 bits per heavy atom. The molecule has 0 spiro atoms. The van der Waals surface area contributed by atoms with Crippen molar-refractivity contribution in [2.75, 3.05) is 31.1 Å². The summed E-state index contributed by atoms with van der Waals surface area (Å²) < 4.78 is 0. The van der Waals surface area contributed by atoms with Crippen LogP contribution in [0.4, 0.5) is 0 Å². The van der Waals surface area contributed by atoms with Gasteiger partial charge >= 0.3 is 0 Å². The molecule has 1 nitrogen and oxygen atoms in total. The molecule has 0 aromatic heterocycles. The zero-order valence-electron chi connectivity index (χ0n) is 12.1. The first-order valence-corrected chi connectivity index (χ1v) is 8.59. The molecular weight excluding hydrogens is 226 g/mol. The largest absolute Gasteiger partial charge is 0.302 e. The van der Waals surface area contributed by atoms with Gasteiger partial charge in [0.2, 0.25) is 0 Å². The van der Waals surface area contributed by atoms with Gasteiger partial charge in [-0.1, -0.05) is 46.5 Å². The Kier molecular flexibility index (Phi) is 7.61. The maximum atomic E-state index is 2.66. The predicted molar refractivity (Wildman–Crippen MR) is 80.9 cm³/mol. The average molecular weight is 257 g/mol. The minimum absolute atomic E-state index is 0.554. The maximum Gasteiger partial charge on any atom is 0.00727 e. The summed E-state index contributed by atoms with van der Waals surface area (Å²) in [4.78, 5) is 2.66. The van der Waals surface area contributed by atoms with Crippen LogP contribution in [0.25, 0.3) is 0 Å². The SMILES string of the molecule is CCCCCCC(C)(C)CCN1CCSCC1. The molecule has 1 aliphatic heterocycles. The summed E-state index contributed by atoms with van der Waals surface area (Å²) in [6.45, 7) is 11.2. The van der Waals surface area contributed by atoms with Crippen molar-refractivity contribution >= 4 is 11.8 Å². The molecule has 0 amide bonds. The van der Waals surface area contributed by atoms with Gasteiger partial charge in [0, 0.05) is 24.6 Å². The van der Waals surface area contributed by atoms with Crippen LogP contribution in [0.3, 0.4) is 0 Å². The second-order valence-electron chi connectivity index (χ2n) is 6.18. The van der Waals surface area contributed by atoms with E-state index in [-0.39, 0.29) is 0 Å². The third kappa shape index (κ3) is 7.35. The van der Waals surface area contributed by atoms with Gasteiger partial charge in [0.15, 0.2) is 0 Å². The Morgan fingerprint density at radius 1 is 1.00 bits per heavy atom. The highest BCUT2D eigenvalue weighted by atomic mass is 32.2. The number of hydrogen-bond donors (Lipinski definition) is 0. The minimum atomic E-state index is 0.554. The number of rotatable bonds is 8. The second kappa shape index (κ2) is 8.42. The van der Waals surface area contributed by atoms with E-state index in [1.165, 1.54) is 69.7 Å². The maximum absolute atomic E-state index is 2.66. The predicted octanol–water partition coefficient (Wildman–Crippen LogP) is 4.42. The highest BCUT2D eigenvalue weighted by Crippen LogP contribution is 2.28. The fourth-order valence-electron chi connectivity index (χ4n) is 2.44. The third-order valence-electron chi connectivity index (χ3n) is 3.92. The summed E-state index contributed by atoms with van der Waals surface area (Å²) in [6, 6.07) is 0. The van der Waals surface area contributed by atoms with Crippen molar-refractivity contribution in [1.29, 1.82) is 0 Å². The molecule has 0 N–H and O–H groups in total. The van der Waals surface area contributed by atoms with Crippen molar-refractivity contribution in [1.82, 2.24) is 4.90 Å². The molecule has 0 aliphatic carbocycles. The number of nitrogens with zero attached hydrogens (tertiary/aromatic N) is 1. The van der Waals surface area contributed by atoms with Crippen molar-refractivity contribution in [3.8, 4) is 0 Å². The van der Waals surface area contributed by atoms with Crippen LogP contribution in [0, 0.1) is 5.41 Å². The van der Waals surface area contributed by atoms with Gasteiger partial charge in [-0.3, -0.25) is 0 Å². The van der Waals surface area contributed by atoms with Gasteiger partial charge in [-0.15, -0.1) is 0 Å². The Labute approximate surface area is 113 Å². The molecule has 0 radical (unpaired) electrons. The van der Waals surface area contributed by atoms with Gasteiger partial charge < -0.3 is 4.90 Å². The highest BCUT2D eigenvalue weighted by Gasteiger charge is 2.19. The lowest BCUT2D eigenvalue weighted by molar-refractivity contribution is 0.217. The zero-order chi connectivity index (χ0) is 12.6. The van der Waals surface area contributed by atoms with Crippen LogP contribution in [-0.2, 0) is 0 Å². The normalized spacial score (nSPS) is 18.5. The van der Waals surface area contributed by atoms with Gasteiger partial charge in [0.05, 0.1) is 0 Å². The fraction of sp³-hybridized carbons (Fsp3) is 1.00. The Balaban J connectivity index is 2.09. The summed E-state index contributed by atoms with van der Waals surface area (Å²) in [6.07, 6.45) is 8.42. The van der Waals surface area contributed by atoms with Gasteiger partial charge in [-0.25, -0.2) is 0 Å². The number of hydrogen-bond acceptors (Lipinski definition) is 2. The second-order valence-corrected chi connectivity index (χ2v) is 7.40. The number of thioether (sulfide) groups is 1. The van der Waals surface area contributed by atoms with Crippen LogP contribution in [-0.4, -0.2) is 36.0 Å². The molecule has 0 saturated carbocycles. The lowest BCUT2D eigenvalue weighted by Gasteiger charge is -2.31. The van der Waals surface area contributed by atoms with Crippen LogP contribution in [0.2, 0.25) is 0 Å². The van der Waals surface area contributed by atoms with Gasteiger partial charge in [-0.05, 0) is 24.8 Å². The molecule has 0 bridgehead atoms. The molecule has 1 fully saturated rings. The molecular formula is C15H31NS. The van der Waals surface area contributed by atoms with Crippen LogP contribution in [0.5, 0.6) is 0 Å². The standard InChI is InChI=1S/C15H31NS/c1-4-5-6-7-8-15(2,3)9-10-16-11-13-17-14-12-16/h4-14H2,1-3H3. The van der Waals surface area contributed by atoms with Crippen molar-refractivity contribution in [2.45, 2.75) is 59.3 Å². The quantitative estimate of drug-likeness (QED) is 0.592. The van der Waals surface area contributed by atoms with Crippen molar-refractivity contribution in [2.24, 2.45) is 5.41 Å². The fourth-order valence-corrected chi connectivity index (χ4v) is 3.42.